The van der Waals surface area contributed by atoms with Crippen LogP contribution < -0.4 is 24.3 Å². The number of methoxy groups -OCH3 is 1. The molecule has 0 bridgehead atoms. The number of ether oxygens (including phenoxy) is 4. The van der Waals surface area contributed by atoms with Crippen molar-refractivity contribution < 1.29 is 23.7 Å². The molecular weight excluding hydrogens is 444 g/mol. The van der Waals surface area contributed by atoms with Gasteiger partial charge in [0.1, 0.15) is 12.4 Å². The Hall–Kier alpha value is -2.93. The van der Waals surface area contributed by atoms with Crippen molar-refractivity contribution in [2.45, 2.75) is 58.0 Å². The number of para-hydroxylation sites is 1. The molecule has 3 aliphatic rings. The summed E-state index contributed by atoms with van der Waals surface area (Å²) in [6.07, 6.45) is 5.75. The molecular formula is C28H36N2O5. The fourth-order valence-electron chi connectivity index (χ4n) is 5.53. The zero-order valence-electron chi connectivity index (χ0n) is 20.8. The Morgan fingerprint density at radius 1 is 1.06 bits per heavy atom. The molecule has 3 heterocycles. The van der Waals surface area contributed by atoms with Gasteiger partial charge >= 0.3 is 0 Å². The maximum atomic E-state index is 13.5. The van der Waals surface area contributed by atoms with E-state index in [9.17, 15) is 4.79 Å². The average molecular weight is 481 g/mol. The van der Waals surface area contributed by atoms with Crippen LogP contribution in [-0.4, -0.2) is 50.4 Å². The van der Waals surface area contributed by atoms with Crippen molar-refractivity contribution in [3.8, 4) is 23.0 Å². The van der Waals surface area contributed by atoms with Crippen molar-refractivity contribution in [2.75, 3.05) is 33.6 Å². The van der Waals surface area contributed by atoms with Crippen molar-refractivity contribution in [2.24, 2.45) is 5.41 Å². The molecule has 1 saturated heterocycles. The van der Waals surface area contributed by atoms with Gasteiger partial charge in [-0.3, -0.25) is 9.69 Å². The number of nitrogens with zero attached hydrogens (tertiary/aromatic N) is 1. The standard InChI is InChI=1S/C28H36N2O5/c1-20-18-33-23-9-4-3-7-22(23)8-5-6-10-28(27(31)29-20)11-13-30(14-12-28)17-21-15-24(32-2)26-25(16-21)34-19-35-26/h3-4,7,9,15-16,20H,5-6,8,10-14,17-19H2,1-2H3,(H,29,31)/t20-/m1/s1. The first-order chi connectivity index (χ1) is 17.1. The molecule has 0 aliphatic carbocycles. The second-order valence-electron chi connectivity index (χ2n) is 10.1. The van der Waals surface area contributed by atoms with Gasteiger partial charge in [0.2, 0.25) is 18.4 Å². The Morgan fingerprint density at radius 2 is 1.89 bits per heavy atom. The first-order valence-electron chi connectivity index (χ1n) is 12.8. The molecule has 1 amide bonds. The van der Waals surface area contributed by atoms with Crippen LogP contribution in [0.25, 0.3) is 0 Å². The molecule has 35 heavy (non-hydrogen) atoms. The SMILES string of the molecule is COc1cc(CN2CCC3(CCCCc4ccccc4OC[C@@H](C)NC3=O)CC2)cc2c1OCO2. The number of benzene rings is 2. The molecule has 3 aliphatic heterocycles. The van der Waals surface area contributed by atoms with Crippen molar-refractivity contribution in [1.82, 2.24) is 10.2 Å². The summed E-state index contributed by atoms with van der Waals surface area (Å²) in [5.41, 5.74) is 2.08. The van der Waals surface area contributed by atoms with E-state index in [4.69, 9.17) is 18.9 Å². The van der Waals surface area contributed by atoms with E-state index < -0.39 is 0 Å². The summed E-state index contributed by atoms with van der Waals surface area (Å²) >= 11 is 0. The average Bonchev–Trinajstić information content (AvgIpc) is 3.34. The molecule has 7 heteroatoms. The molecule has 0 aromatic heterocycles. The quantitative estimate of drug-likeness (QED) is 0.706. The lowest BCUT2D eigenvalue weighted by molar-refractivity contribution is -0.135. The van der Waals surface area contributed by atoms with Crippen molar-refractivity contribution in [3.05, 3.63) is 47.5 Å². The Labute approximate surface area is 207 Å². The molecule has 1 atom stereocenters. The first-order valence-corrected chi connectivity index (χ1v) is 12.8. The molecule has 5 rings (SSSR count). The van der Waals surface area contributed by atoms with Gasteiger partial charge < -0.3 is 24.3 Å². The lowest BCUT2D eigenvalue weighted by atomic mass is 9.73. The van der Waals surface area contributed by atoms with Gasteiger partial charge in [-0.05, 0) is 81.4 Å². The van der Waals surface area contributed by atoms with E-state index in [0.717, 1.165) is 75.2 Å². The van der Waals surface area contributed by atoms with Gasteiger partial charge in [-0.25, -0.2) is 0 Å². The molecule has 0 saturated carbocycles. The van der Waals surface area contributed by atoms with E-state index in [1.54, 1.807) is 7.11 Å². The van der Waals surface area contributed by atoms with E-state index >= 15 is 0 Å². The predicted molar refractivity (Wildman–Crippen MR) is 133 cm³/mol. The number of likely N-dealkylation sites (tertiary alicyclic amines) is 1. The van der Waals surface area contributed by atoms with Crippen LogP contribution in [0.15, 0.2) is 36.4 Å². The van der Waals surface area contributed by atoms with Gasteiger partial charge in [0.05, 0.1) is 18.6 Å². The minimum Gasteiger partial charge on any atom is -0.493 e. The van der Waals surface area contributed by atoms with E-state index in [2.05, 4.69) is 22.3 Å². The monoisotopic (exact) mass is 480 g/mol. The number of rotatable bonds is 3. The number of piperidine rings is 1. The Balaban J connectivity index is 1.25. The smallest absolute Gasteiger partial charge is 0.231 e. The summed E-state index contributed by atoms with van der Waals surface area (Å²) in [7, 11) is 1.65. The number of hydrogen-bond acceptors (Lipinski definition) is 6. The number of carbonyl (C=O) groups excluding carboxylic acids is 1. The maximum Gasteiger partial charge on any atom is 0.231 e. The number of amides is 1. The minimum absolute atomic E-state index is 0.0361. The topological polar surface area (TPSA) is 69.3 Å². The second-order valence-corrected chi connectivity index (χ2v) is 10.1. The summed E-state index contributed by atoms with van der Waals surface area (Å²) in [5.74, 6) is 3.26. The zero-order chi connectivity index (χ0) is 24.3. The fourth-order valence-corrected chi connectivity index (χ4v) is 5.53. The number of carbonyl (C=O) groups is 1. The van der Waals surface area contributed by atoms with Crippen LogP contribution in [-0.2, 0) is 17.8 Å². The third-order valence-electron chi connectivity index (χ3n) is 7.61. The van der Waals surface area contributed by atoms with Crippen LogP contribution in [0.2, 0.25) is 0 Å². The highest BCUT2D eigenvalue weighted by molar-refractivity contribution is 5.83. The van der Waals surface area contributed by atoms with E-state index in [0.29, 0.717) is 18.1 Å². The third-order valence-corrected chi connectivity index (χ3v) is 7.61. The number of hydrogen-bond donors (Lipinski definition) is 1. The van der Waals surface area contributed by atoms with Crippen molar-refractivity contribution in [3.63, 3.8) is 0 Å². The van der Waals surface area contributed by atoms with Crippen molar-refractivity contribution in [1.29, 1.82) is 0 Å². The molecule has 7 nitrogen and oxygen atoms in total. The molecule has 0 radical (unpaired) electrons. The highest BCUT2D eigenvalue weighted by Gasteiger charge is 2.41. The lowest BCUT2D eigenvalue weighted by Crippen LogP contribution is -2.51. The van der Waals surface area contributed by atoms with Gasteiger partial charge in [0.25, 0.3) is 0 Å². The number of fused-ring (bicyclic) bond motifs is 2. The van der Waals surface area contributed by atoms with Crippen LogP contribution in [0.4, 0.5) is 0 Å². The first kappa shape index (κ1) is 23.8. The summed E-state index contributed by atoms with van der Waals surface area (Å²) in [6.45, 7) is 5.31. The predicted octanol–water partition coefficient (Wildman–Crippen LogP) is 4.32. The Morgan fingerprint density at radius 3 is 2.71 bits per heavy atom. The fraction of sp³-hybridized carbons (Fsp3) is 0.536. The molecule has 188 valence electrons. The number of nitrogens with one attached hydrogen (secondary N) is 1. The summed E-state index contributed by atoms with van der Waals surface area (Å²) in [4.78, 5) is 15.9. The largest absolute Gasteiger partial charge is 0.493 e. The van der Waals surface area contributed by atoms with Crippen LogP contribution in [0.1, 0.15) is 50.2 Å². The van der Waals surface area contributed by atoms with E-state index in [1.165, 1.54) is 5.56 Å². The Kier molecular flexibility index (Phi) is 7.04. The van der Waals surface area contributed by atoms with E-state index in [-0.39, 0.29) is 24.2 Å². The normalized spacial score (nSPS) is 22.3. The third kappa shape index (κ3) is 5.20. The lowest BCUT2D eigenvalue weighted by Gasteiger charge is -2.41. The minimum atomic E-state index is -0.309. The van der Waals surface area contributed by atoms with Crippen molar-refractivity contribution >= 4 is 5.91 Å². The highest BCUT2D eigenvalue weighted by Crippen LogP contribution is 2.43. The van der Waals surface area contributed by atoms with Crippen LogP contribution in [0.5, 0.6) is 23.0 Å². The Bertz CT molecular complexity index is 1050. The van der Waals surface area contributed by atoms with Crippen LogP contribution in [0.3, 0.4) is 0 Å². The highest BCUT2D eigenvalue weighted by atomic mass is 16.7. The van der Waals surface area contributed by atoms with Gasteiger partial charge in [-0.1, -0.05) is 24.6 Å². The summed E-state index contributed by atoms with van der Waals surface area (Å²) < 4.78 is 22.7. The zero-order valence-corrected chi connectivity index (χ0v) is 20.8. The van der Waals surface area contributed by atoms with E-state index in [1.807, 2.05) is 31.2 Å². The molecule has 1 spiro atoms. The molecule has 1 fully saturated rings. The van der Waals surface area contributed by atoms with Gasteiger partial charge in [-0.2, -0.15) is 0 Å². The number of aryl methyl sites for hydroxylation is 1. The summed E-state index contributed by atoms with van der Waals surface area (Å²) in [6, 6.07) is 12.3. The summed E-state index contributed by atoms with van der Waals surface area (Å²) in [5, 5.41) is 3.27. The van der Waals surface area contributed by atoms with Gasteiger partial charge in [0.15, 0.2) is 11.5 Å². The molecule has 1 N–H and O–H groups in total. The van der Waals surface area contributed by atoms with Gasteiger partial charge in [0, 0.05) is 6.54 Å². The van der Waals surface area contributed by atoms with Gasteiger partial charge in [-0.15, -0.1) is 0 Å². The molecule has 2 aromatic rings. The second kappa shape index (κ2) is 10.4. The van der Waals surface area contributed by atoms with Crippen LogP contribution >= 0.6 is 0 Å². The molecule has 0 unspecified atom stereocenters. The maximum absolute atomic E-state index is 13.5. The van der Waals surface area contributed by atoms with Crippen LogP contribution in [0, 0.1) is 5.41 Å². The molecule has 2 aromatic carbocycles.